The van der Waals surface area contributed by atoms with Crippen molar-refractivity contribution in [3.05, 3.63) is 0 Å². The SMILES string of the molecule is CCC(C)(C)OCCOCC(C)(C)O. The van der Waals surface area contributed by atoms with Crippen LogP contribution in [0.4, 0.5) is 0 Å². The van der Waals surface area contributed by atoms with E-state index in [-0.39, 0.29) is 5.60 Å². The van der Waals surface area contributed by atoms with Crippen LogP contribution in [0.15, 0.2) is 0 Å². The molecule has 14 heavy (non-hydrogen) atoms. The molecular weight excluding hydrogens is 180 g/mol. The predicted molar refractivity (Wildman–Crippen MR) is 57.4 cm³/mol. The summed E-state index contributed by atoms with van der Waals surface area (Å²) >= 11 is 0. The van der Waals surface area contributed by atoms with Gasteiger partial charge in [-0.25, -0.2) is 0 Å². The van der Waals surface area contributed by atoms with Gasteiger partial charge in [0.2, 0.25) is 0 Å². The van der Waals surface area contributed by atoms with Gasteiger partial charge in [0, 0.05) is 0 Å². The van der Waals surface area contributed by atoms with Crippen LogP contribution in [0.1, 0.15) is 41.0 Å². The zero-order valence-corrected chi connectivity index (χ0v) is 10.1. The third kappa shape index (κ3) is 8.48. The molecule has 0 fully saturated rings. The van der Waals surface area contributed by atoms with E-state index in [1.165, 1.54) is 0 Å². The smallest absolute Gasteiger partial charge is 0.0824 e. The molecule has 0 heterocycles. The van der Waals surface area contributed by atoms with Crippen molar-refractivity contribution in [2.45, 2.75) is 52.2 Å². The van der Waals surface area contributed by atoms with Gasteiger partial charge < -0.3 is 14.6 Å². The molecule has 0 aromatic carbocycles. The minimum atomic E-state index is -0.750. The van der Waals surface area contributed by atoms with Gasteiger partial charge in [0.1, 0.15) is 0 Å². The summed E-state index contributed by atoms with van der Waals surface area (Å²) in [6, 6.07) is 0. The minimum Gasteiger partial charge on any atom is -0.388 e. The van der Waals surface area contributed by atoms with Crippen molar-refractivity contribution in [3.8, 4) is 0 Å². The van der Waals surface area contributed by atoms with Crippen molar-refractivity contribution >= 4 is 0 Å². The second kappa shape index (κ2) is 5.69. The maximum atomic E-state index is 9.36. The summed E-state index contributed by atoms with van der Waals surface area (Å²) in [5, 5.41) is 9.36. The molecule has 0 bridgehead atoms. The summed E-state index contributed by atoms with van der Waals surface area (Å²) in [6.45, 7) is 11.1. The Hall–Kier alpha value is -0.120. The number of hydrogen-bond donors (Lipinski definition) is 1. The largest absolute Gasteiger partial charge is 0.388 e. The number of hydrogen-bond acceptors (Lipinski definition) is 3. The van der Waals surface area contributed by atoms with E-state index in [1.807, 2.05) is 0 Å². The topological polar surface area (TPSA) is 38.7 Å². The summed E-state index contributed by atoms with van der Waals surface area (Å²) in [5.41, 5.74) is -0.821. The highest BCUT2D eigenvalue weighted by molar-refractivity contribution is 4.65. The molecular formula is C11H24O3. The van der Waals surface area contributed by atoms with E-state index >= 15 is 0 Å². The third-order valence-electron chi connectivity index (χ3n) is 2.03. The Morgan fingerprint density at radius 3 is 2.07 bits per heavy atom. The lowest BCUT2D eigenvalue weighted by molar-refractivity contribution is -0.0718. The molecule has 0 spiro atoms. The zero-order valence-electron chi connectivity index (χ0n) is 10.1. The molecule has 1 N–H and O–H groups in total. The quantitative estimate of drug-likeness (QED) is 0.644. The van der Waals surface area contributed by atoms with Crippen LogP contribution >= 0.6 is 0 Å². The minimum absolute atomic E-state index is 0.0713. The van der Waals surface area contributed by atoms with Crippen molar-refractivity contribution in [2.24, 2.45) is 0 Å². The lowest BCUT2D eigenvalue weighted by Gasteiger charge is -2.24. The van der Waals surface area contributed by atoms with Gasteiger partial charge in [-0.1, -0.05) is 6.92 Å². The van der Waals surface area contributed by atoms with Crippen molar-refractivity contribution in [1.29, 1.82) is 0 Å². The van der Waals surface area contributed by atoms with Crippen molar-refractivity contribution in [1.82, 2.24) is 0 Å². The van der Waals surface area contributed by atoms with Crippen LogP contribution in [0, 0.1) is 0 Å². The van der Waals surface area contributed by atoms with Crippen LogP contribution in [0.5, 0.6) is 0 Å². The molecule has 0 atom stereocenters. The fourth-order valence-electron chi connectivity index (χ4n) is 0.801. The molecule has 0 unspecified atom stereocenters. The third-order valence-corrected chi connectivity index (χ3v) is 2.03. The van der Waals surface area contributed by atoms with Crippen LogP contribution < -0.4 is 0 Å². The van der Waals surface area contributed by atoms with E-state index in [4.69, 9.17) is 9.47 Å². The first-order valence-corrected chi connectivity index (χ1v) is 5.21. The van der Waals surface area contributed by atoms with Crippen LogP contribution in [-0.4, -0.2) is 36.1 Å². The van der Waals surface area contributed by atoms with Gasteiger partial charge in [0.05, 0.1) is 31.0 Å². The average molecular weight is 204 g/mol. The summed E-state index contributed by atoms with van der Waals surface area (Å²) in [6.07, 6.45) is 0.985. The maximum absolute atomic E-state index is 9.36. The lowest BCUT2D eigenvalue weighted by Crippen LogP contribution is -2.29. The highest BCUT2D eigenvalue weighted by Crippen LogP contribution is 2.12. The Morgan fingerprint density at radius 1 is 1.07 bits per heavy atom. The van der Waals surface area contributed by atoms with Crippen molar-refractivity contribution in [2.75, 3.05) is 19.8 Å². The Bertz CT molecular complexity index is 147. The monoisotopic (exact) mass is 204 g/mol. The van der Waals surface area contributed by atoms with E-state index in [0.717, 1.165) is 6.42 Å². The molecule has 0 rings (SSSR count). The Morgan fingerprint density at radius 2 is 1.64 bits per heavy atom. The average Bonchev–Trinajstić information content (AvgIpc) is 2.01. The van der Waals surface area contributed by atoms with E-state index < -0.39 is 5.60 Å². The summed E-state index contributed by atoms with van der Waals surface area (Å²) in [5.74, 6) is 0. The maximum Gasteiger partial charge on any atom is 0.0824 e. The summed E-state index contributed by atoms with van der Waals surface area (Å²) < 4.78 is 10.8. The number of aliphatic hydroxyl groups is 1. The van der Waals surface area contributed by atoms with Gasteiger partial charge >= 0.3 is 0 Å². The van der Waals surface area contributed by atoms with Crippen molar-refractivity contribution in [3.63, 3.8) is 0 Å². The molecule has 0 aliphatic carbocycles. The van der Waals surface area contributed by atoms with Gasteiger partial charge in [-0.05, 0) is 34.1 Å². The normalized spacial score (nSPS) is 13.3. The van der Waals surface area contributed by atoms with Gasteiger partial charge in [-0.15, -0.1) is 0 Å². The van der Waals surface area contributed by atoms with E-state index in [0.29, 0.717) is 19.8 Å². The highest BCUT2D eigenvalue weighted by atomic mass is 16.5. The molecule has 0 aliphatic heterocycles. The lowest BCUT2D eigenvalue weighted by atomic mass is 10.1. The van der Waals surface area contributed by atoms with Gasteiger partial charge in [0.25, 0.3) is 0 Å². The van der Waals surface area contributed by atoms with E-state index in [9.17, 15) is 5.11 Å². The molecule has 3 heteroatoms. The first kappa shape index (κ1) is 13.9. The molecule has 86 valence electrons. The summed E-state index contributed by atoms with van der Waals surface area (Å²) in [4.78, 5) is 0. The van der Waals surface area contributed by atoms with E-state index in [1.54, 1.807) is 13.8 Å². The molecule has 0 aromatic heterocycles. The fraction of sp³-hybridized carbons (Fsp3) is 1.00. The molecule has 0 aromatic rings. The molecule has 0 amide bonds. The Kier molecular flexibility index (Phi) is 5.64. The van der Waals surface area contributed by atoms with Gasteiger partial charge in [-0.3, -0.25) is 0 Å². The Balaban J connectivity index is 3.39. The highest BCUT2D eigenvalue weighted by Gasteiger charge is 2.15. The second-order valence-electron chi connectivity index (χ2n) is 4.83. The molecule has 0 radical (unpaired) electrons. The van der Waals surface area contributed by atoms with Gasteiger partial charge in [-0.2, -0.15) is 0 Å². The second-order valence-corrected chi connectivity index (χ2v) is 4.83. The van der Waals surface area contributed by atoms with E-state index in [2.05, 4.69) is 20.8 Å². The fourth-order valence-corrected chi connectivity index (χ4v) is 0.801. The molecule has 0 saturated heterocycles. The predicted octanol–water partition coefficient (Wildman–Crippen LogP) is 1.98. The van der Waals surface area contributed by atoms with Crippen molar-refractivity contribution < 1.29 is 14.6 Å². The van der Waals surface area contributed by atoms with Crippen LogP contribution in [-0.2, 0) is 9.47 Å². The molecule has 3 nitrogen and oxygen atoms in total. The Labute approximate surface area is 87.4 Å². The molecule has 0 saturated carbocycles. The van der Waals surface area contributed by atoms with Crippen LogP contribution in [0.25, 0.3) is 0 Å². The first-order valence-electron chi connectivity index (χ1n) is 5.21. The first-order chi connectivity index (χ1) is 6.27. The number of ether oxygens (including phenoxy) is 2. The number of rotatable bonds is 7. The van der Waals surface area contributed by atoms with Gasteiger partial charge in [0.15, 0.2) is 0 Å². The molecule has 0 aliphatic rings. The zero-order chi connectivity index (χ0) is 11.2. The summed E-state index contributed by atoms with van der Waals surface area (Å²) in [7, 11) is 0. The standard InChI is InChI=1S/C11H24O3/c1-6-11(4,5)14-8-7-13-9-10(2,3)12/h12H,6-9H2,1-5H3. The van der Waals surface area contributed by atoms with Crippen LogP contribution in [0.2, 0.25) is 0 Å². The van der Waals surface area contributed by atoms with Crippen LogP contribution in [0.3, 0.4) is 0 Å².